The lowest BCUT2D eigenvalue weighted by atomic mass is 9.96. The number of nitrogens with two attached hydrogens (primary N) is 1. The summed E-state index contributed by atoms with van der Waals surface area (Å²) in [4.78, 5) is 44.4. The summed E-state index contributed by atoms with van der Waals surface area (Å²) in [6, 6.07) is 8.82. The number of nitriles is 1. The molecule has 2 heterocycles. The first-order valence-corrected chi connectivity index (χ1v) is 9.94. The van der Waals surface area contributed by atoms with Crippen molar-refractivity contribution in [3.63, 3.8) is 0 Å². The van der Waals surface area contributed by atoms with Gasteiger partial charge in [0.25, 0.3) is 5.56 Å². The molecule has 0 spiro atoms. The van der Waals surface area contributed by atoms with E-state index in [4.69, 9.17) is 5.73 Å². The van der Waals surface area contributed by atoms with Gasteiger partial charge in [-0.05, 0) is 41.8 Å². The number of H-pyrrole nitrogens is 1. The SMILES string of the molecule is CC(C)c1c(C(=O)c2cc(Br)cc(C#N)c2)n(Cc2cc(N)nc(F)c2)c(=O)[nH]c1=O. The molecule has 0 fully saturated rings. The Labute approximate surface area is 184 Å². The van der Waals surface area contributed by atoms with E-state index >= 15 is 0 Å². The molecular formula is C21H17BrFN5O3. The second-order valence-corrected chi connectivity index (χ2v) is 8.07. The minimum absolute atomic E-state index is 0.0879. The van der Waals surface area contributed by atoms with E-state index in [0.29, 0.717) is 4.47 Å². The van der Waals surface area contributed by atoms with E-state index in [-0.39, 0.29) is 40.3 Å². The predicted octanol–water partition coefficient (Wildman–Crippen LogP) is 2.69. The van der Waals surface area contributed by atoms with Crippen LogP contribution in [-0.2, 0) is 6.54 Å². The second kappa shape index (κ2) is 8.65. The molecule has 0 saturated carbocycles. The molecule has 0 atom stereocenters. The maximum atomic E-state index is 13.7. The van der Waals surface area contributed by atoms with Crippen molar-refractivity contribution in [1.82, 2.24) is 14.5 Å². The van der Waals surface area contributed by atoms with Crippen molar-refractivity contribution in [2.24, 2.45) is 0 Å². The van der Waals surface area contributed by atoms with Gasteiger partial charge in [-0.2, -0.15) is 9.65 Å². The summed E-state index contributed by atoms with van der Waals surface area (Å²) in [6.45, 7) is 3.20. The van der Waals surface area contributed by atoms with Crippen molar-refractivity contribution in [3.8, 4) is 6.07 Å². The Kier molecular flexibility index (Phi) is 6.17. The monoisotopic (exact) mass is 485 g/mol. The number of rotatable bonds is 5. The van der Waals surface area contributed by atoms with Crippen LogP contribution in [0.15, 0.2) is 44.4 Å². The predicted molar refractivity (Wildman–Crippen MR) is 115 cm³/mol. The number of nitrogen functional groups attached to an aromatic ring is 1. The molecule has 0 aliphatic rings. The Balaban J connectivity index is 2.30. The van der Waals surface area contributed by atoms with Crippen molar-refractivity contribution >= 4 is 27.5 Å². The Hall–Kier alpha value is -3.58. The third kappa shape index (κ3) is 4.62. The highest BCUT2D eigenvalue weighted by Crippen LogP contribution is 2.22. The molecule has 158 valence electrons. The Morgan fingerprint density at radius 2 is 2.00 bits per heavy atom. The van der Waals surface area contributed by atoms with Crippen LogP contribution in [0, 0.1) is 17.3 Å². The second-order valence-electron chi connectivity index (χ2n) is 7.15. The van der Waals surface area contributed by atoms with Crippen LogP contribution in [0.3, 0.4) is 0 Å². The molecule has 0 unspecified atom stereocenters. The molecule has 0 saturated heterocycles. The van der Waals surface area contributed by atoms with E-state index in [1.807, 2.05) is 6.07 Å². The van der Waals surface area contributed by atoms with E-state index in [2.05, 4.69) is 25.9 Å². The summed E-state index contributed by atoms with van der Waals surface area (Å²) < 4.78 is 15.3. The molecule has 3 aromatic rings. The van der Waals surface area contributed by atoms with Crippen LogP contribution in [0.2, 0.25) is 0 Å². The fourth-order valence-corrected chi connectivity index (χ4v) is 3.78. The number of hydrogen-bond donors (Lipinski definition) is 2. The van der Waals surface area contributed by atoms with Crippen LogP contribution in [0.1, 0.15) is 52.5 Å². The van der Waals surface area contributed by atoms with Crippen LogP contribution in [0.4, 0.5) is 10.2 Å². The van der Waals surface area contributed by atoms with Crippen molar-refractivity contribution in [3.05, 3.63) is 89.5 Å². The van der Waals surface area contributed by atoms with Crippen LogP contribution in [-0.4, -0.2) is 20.3 Å². The summed E-state index contributed by atoms with van der Waals surface area (Å²) in [5, 5.41) is 9.23. The highest BCUT2D eigenvalue weighted by atomic mass is 79.9. The smallest absolute Gasteiger partial charge is 0.329 e. The van der Waals surface area contributed by atoms with Crippen LogP contribution < -0.4 is 17.0 Å². The van der Waals surface area contributed by atoms with Gasteiger partial charge in [0.15, 0.2) is 0 Å². The van der Waals surface area contributed by atoms with Crippen molar-refractivity contribution in [2.75, 3.05) is 5.73 Å². The summed E-state index contributed by atoms with van der Waals surface area (Å²) in [7, 11) is 0. The third-order valence-corrected chi connectivity index (χ3v) is 4.99. The summed E-state index contributed by atoms with van der Waals surface area (Å²) in [6.07, 6.45) is 0. The number of hydrogen-bond acceptors (Lipinski definition) is 6. The number of carbonyl (C=O) groups is 1. The van der Waals surface area contributed by atoms with E-state index in [0.717, 1.165) is 10.6 Å². The molecule has 8 nitrogen and oxygen atoms in total. The van der Waals surface area contributed by atoms with Gasteiger partial charge in [-0.25, -0.2) is 9.78 Å². The molecule has 0 amide bonds. The molecule has 0 aliphatic carbocycles. The minimum atomic E-state index is -0.838. The number of pyridine rings is 1. The van der Waals surface area contributed by atoms with Gasteiger partial charge < -0.3 is 5.73 Å². The molecule has 0 aliphatic heterocycles. The zero-order valence-corrected chi connectivity index (χ0v) is 18.2. The zero-order valence-electron chi connectivity index (χ0n) is 16.6. The maximum absolute atomic E-state index is 13.7. The summed E-state index contributed by atoms with van der Waals surface area (Å²) in [5.41, 5.74) is 4.68. The molecule has 0 bridgehead atoms. The molecule has 1 aromatic carbocycles. The molecule has 3 N–H and O–H groups in total. The fourth-order valence-electron chi connectivity index (χ4n) is 3.29. The Morgan fingerprint density at radius 3 is 2.61 bits per heavy atom. The number of nitrogens with zero attached hydrogens (tertiary/aromatic N) is 3. The highest BCUT2D eigenvalue weighted by molar-refractivity contribution is 9.10. The van der Waals surface area contributed by atoms with Crippen LogP contribution in [0.5, 0.6) is 0 Å². The number of nitrogens with one attached hydrogen (secondary N) is 1. The van der Waals surface area contributed by atoms with Gasteiger partial charge in [-0.3, -0.25) is 19.1 Å². The van der Waals surface area contributed by atoms with Gasteiger partial charge in [-0.1, -0.05) is 29.8 Å². The van der Waals surface area contributed by atoms with E-state index in [9.17, 15) is 24.0 Å². The number of carbonyl (C=O) groups excluding carboxylic acids is 1. The fraction of sp³-hybridized carbons (Fsp3) is 0.190. The third-order valence-electron chi connectivity index (χ3n) is 4.53. The number of halogens is 2. The average molecular weight is 486 g/mol. The number of aromatic amines is 1. The van der Waals surface area contributed by atoms with Gasteiger partial charge in [0.2, 0.25) is 11.7 Å². The maximum Gasteiger partial charge on any atom is 0.329 e. The van der Waals surface area contributed by atoms with E-state index in [1.54, 1.807) is 13.8 Å². The molecule has 10 heteroatoms. The largest absolute Gasteiger partial charge is 0.384 e. The van der Waals surface area contributed by atoms with E-state index < -0.39 is 28.9 Å². The van der Waals surface area contributed by atoms with Crippen LogP contribution in [0.25, 0.3) is 0 Å². The standard InChI is InChI=1S/C21H17BrFN5O3/c1-10(2)17-18(19(29)13-3-11(8-24)4-14(22)7-13)28(21(31)27-20(17)30)9-12-5-15(23)26-16(25)6-12/h3-7,10H,9H2,1-2H3,(H2,25,26)(H,27,30,31). The number of anilines is 1. The first kappa shape index (κ1) is 22.1. The van der Waals surface area contributed by atoms with Crippen molar-refractivity contribution in [1.29, 1.82) is 5.26 Å². The first-order valence-electron chi connectivity index (χ1n) is 9.15. The summed E-state index contributed by atoms with van der Waals surface area (Å²) >= 11 is 3.26. The quantitative estimate of drug-likeness (QED) is 0.421. The molecule has 2 aromatic heterocycles. The molecule has 31 heavy (non-hydrogen) atoms. The van der Waals surface area contributed by atoms with Gasteiger partial charge in [-0.15, -0.1) is 0 Å². The summed E-state index contributed by atoms with van der Waals surface area (Å²) in [5.74, 6) is -1.95. The van der Waals surface area contributed by atoms with E-state index in [1.165, 1.54) is 24.3 Å². The van der Waals surface area contributed by atoms with Gasteiger partial charge in [0.1, 0.15) is 11.5 Å². The topological polar surface area (TPSA) is 135 Å². The molecular weight excluding hydrogens is 469 g/mol. The number of ketones is 1. The lowest BCUT2D eigenvalue weighted by Crippen LogP contribution is -2.38. The number of benzene rings is 1. The van der Waals surface area contributed by atoms with Crippen molar-refractivity contribution < 1.29 is 9.18 Å². The molecule has 0 radical (unpaired) electrons. The van der Waals surface area contributed by atoms with Crippen LogP contribution >= 0.6 is 15.9 Å². The highest BCUT2D eigenvalue weighted by Gasteiger charge is 2.25. The lowest BCUT2D eigenvalue weighted by Gasteiger charge is -2.18. The zero-order chi connectivity index (χ0) is 22.9. The number of aromatic nitrogens is 3. The minimum Gasteiger partial charge on any atom is -0.384 e. The van der Waals surface area contributed by atoms with Gasteiger partial charge >= 0.3 is 5.69 Å². The Morgan fingerprint density at radius 1 is 1.29 bits per heavy atom. The van der Waals surface area contributed by atoms with Gasteiger partial charge in [0, 0.05) is 15.6 Å². The normalized spacial score (nSPS) is 10.8. The Bertz CT molecular complexity index is 1330. The molecule has 3 rings (SSSR count). The average Bonchev–Trinajstić information content (AvgIpc) is 2.67. The lowest BCUT2D eigenvalue weighted by molar-refractivity contribution is 0.102. The first-order chi connectivity index (χ1) is 14.6. The van der Waals surface area contributed by atoms with Crippen molar-refractivity contribution in [2.45, 2.75) is 26.3 Å². The van der Waals surface area contributed by atoms with Gasteiger partial charge in [0.05, 0.1) is 18.2 Å².